The number of methoxy groups -OCH3 is 2. The van der Waals surface area contributed by atoms with Gasteiger partial charge in [-0.2, -0.15) is 0 Å². The Morgan fingerprint density at radius 3 is 2.30 bits per heavy atom. The first-order chi connectivity index (χ1) is 9.40. The van der Waals surface area contributed by atoms with Crippen LogP contribution in [0.15, 0.2) is 24.3 Å². The lowest BCUT2D eigenvalue weighted by Crippen LogP contribution is -2.36. The molecule has 1 fully saturated rings. The highest BCUT2D eigenvalue weighted by molar-refractivity contribution is 7.92. The van der Waals surface area contributed by atoms with Crippen LogP contribution in [-0.4, -0.2) is 45.8 Å². The topological polar surface area (TPSA) is 78.6 Å². The van der Waals surface area contributed by atoms with Crippen LogP contribution in [0.4, 0.5) is 0 Å². The van der Waals surface area contributed by atoms with Gasteiger partial charge in [-0.3, -0.25) is 0 Å². The van der Waals surface area contributed by atoms with Crippen LogP contribution in [0.25, 0.3) is 0 Å². The van der Waals surface area contributed by atoms with Gasteiger partial charge in [-0.25, -0.2) is 8.42 Å². The SMILES string of the molecule is CCS(=O)(=O)C1C(c2ccc(OC)cc2)C1(N)COC. The van der Waals surface area contributed by atoms with E-state index in [1.807, 2.05) is 24.3 Å². The Labute approximate surface area is 120 Å². The molecule has 3 unspecified atom stereocenters. The molecule has 0 aliphatic heterocycles. The zero-order valence-corrected chi connectivity index (χ0v) is 12.8. The summed E-state index contributed by atoms with van der Waals surface area (Å²) in [5.74, 6) is 0.601. The van der Waals surface area contributed by atoms with Gasteiger partial charge in [0.15, 0.2) is 9.84 Å². The van der Waals surface area contributed by atoms with Crippen molar-refractivity contribution in [3.8, 4) is 5.75 Å². The van der Waals surface area contributed by atoms with Gasteiger partial charge in [-0.15, -0.1) is 0 Å². The average Bonchev–Trinajstić information content (AvgIpc) is 3.06. The summed E-state index contributed by atoms with van der Waals surface area (Å²) in [7, 11) is -0.0768. The fraction of sp³-hybridized carbons (Fsp3) is 0.571. The molecule has 1 aromatic carbocycles. The largest absolute Gasteiger partial charge is 0.497 e. The van der Waals surface area contributed by atoms with Crippen molar-refractivity contribution in [2.24, 2.45) is 5.73 Å². The maximum absolute atomic E-state index is 12.2. The van der Waals surface area contributed by atoms with Gasteiger partial charge in [0.1, 0.15) is 5.75 Å². The highest BCUT2D eigenvalue weighted by atomic mass is 32.2. The molecular weight excluding hydrogens is 278 g/mol. The van der Waals surface area contributed by atoms with Gasteiger partial charge >= 0.3 is 0 Å². The highest BCUT2D eigenvalue weighted by Gasteiger charge is 2.68. The molecule has 1 saturated carbocycles. The number of ether oxygens (including phenoxy) is 2. The van der Waals surface area contributed by atoms with Gasteiger partial charge in [0, 0.05) is 18.8 Å². The van der Waals surface area contributed by atoms with E-state index in [1.165, 1.54) is 7.11 Å². The lowest BCUT2D eigenvalue weighted by Gasteiger charge is -2.10. The van der Waals surface area contributed by atoms with Crippen LogP contribution in [0.3, 0.4) is 0 Å². The first-order valence-electron chi connectivity index (χ1n) is 6.54. The minimum absolute atomic E-state index is 0.0903. The van der Waals surface area contributed by atoms with E-state index >= 15 is 0 Å². The molecular formula is C14H21NO4S. The molecule has 6 heteroatoms. The number of hydrogen-bond donors (Lipinski definition) is 1. The smallest absolute Gasteiger partial charge is 0.155 e. The van der Waals surface area contributed by atoms with Gasteiger partial charge in [-0.05, 0) is 17.7 Å². The van der Waals surface area contributed by atoms with Crippen LogP contribution in [0.1, 0.15) is 18.4 Å². The Balaban J connectivity index is 2.33. The molecule has 0 bridgehead atoms. The lowest BCUT2D eigenvalue weighted by molar-refractivity contribution is 0.171. The van der Waals surface area contributed by atoms with E-state index in [0.29, 0.717) is 0 Å². The molecule has 3 atom stereocenters. The highest BCUT2D eigenvalue weighted by Crippen LogP contribution is 2.54. The van der Waals surface area contributed by atoms with E-state index in [1.54, 1.807) is 14.0 Å². The van der Waals surface area contributed by atoms with Gasteiger partial charge in [0.2, 0.25) is 0 Å². The van der Waals surface area contributed by atoms with Gasteiger partial charge in [-0.1, -0.05) is 19.1 Å². The van der Waals surface area contributed by atoms with Crippen molar-refractivity contribution < 1.29 is 17.9 Å². The van der Waals surface area contributed by atoms with Crippen LogP contribution in [0.5, 0.6) is 5.75 Å². The lowest BCUT2D eigenvalue weighted by atomic mass is 10.1. The predicted molar refractivity (Wildman–Crippen MR) is 77.8 cm³/mol. The van der Waals surface area contributed by atoms with Crippen LogP contribution in [0, 0.1) is 0 Å². The molecule has 5 nitrogen and oxygen atoms in total. The molecule has 112 valence electrons. The standard InChI is InChI=1S/C14H21NO4S/c1-4-20(16,17)13-12(14(13,15)9-18-2)10-5-7-11(19-3)8-6-10/h5-8,12-13H,4,9,15H2,1-3H3. The maximum Gasteiger partial charge on any atom is 0.155 e. The third-order valence-corrected chi connectivity index (χ3v) is 6.25. The Hall–Kier alpha value is -1.11. The molecule has 1 aromatic rings. The molecule has 1 aliphatic carbocycles. The van der Waals surface area contributed by atoms with Crippen molar-refractivity contribution in [2.45, 2.75) is 23.6 Å². The molecule has 0 aromatic heterocycles. The normalized spacial score (nSPS) is 29.2. The molecule has 1 aliphatic rings. The van der Waals surface area contributed by atoms with Crippen molar-refractivity contribution in [2.75, 3.05) is 26.6 Å². The number of hydrogen-bond acceptors (Lipinski definition) is 5. The van der Waals surface area contributed by atoms with E-state index < -0.39 is 20.6 Å². The summed E-state index contributed by atoms with van der Waals surface area (Å²) < 4.78 is 34.6. The Morgan fingerprint density at radius 1 is 1.25 bits per heavy atom. The second kappa shape index (κ2) is 5.35. The first kappa shape index (κ1) is 15.3. The second-order valence-electron chi connectivity index (χ2n) is 5.17. The van der Waals surface area contributed by atoms with Gasteiger partial charge < -0.3 is 15.2 Å². The molecule has 0 heterocycles. The van der Waals surface area contributed by atoms with Gasteiger partial charge in [0.05, 0.1) is 24.5 Å². The number of nitrogens with two attached hydrogens (primary N) is 1. The molecule has 0 amide bonds. The summed E-state index contributed by atoms with van der Waals surface area (Å²) in [6.07, 6.45) is 0. The minimum atomic E-state index is -3.20. The molecule has 2 rings (SSSR count). The summed E-state index contributed by atoms with van der Waals surface area (Å²) in [5.41, 5.74) is 6.35. The molecule has 2 N–H and O–H groups in total. The van der Waals surface area contributed by atoms with E-state index in [9.17, 15) is 8.42 Å². The van der Waals surface area contributed by atoms with Crippen molar-refractivity contribution in [1.82, 2.24) is 0 Å². The van der Waals surface area contributed by atoms with Crippen LogP contribution in [0.2, 0.25) is 0 Å². The van der Waals surface area contributed by atoms with E-state index in [-0.39, 0.29) is 18.3 Å². The predicted octanol–water partition coefficient (Wildman–Crippen LogP) is 0.940. The maximum atomic E-state index is 12.2. The van der Waals surface area contributed by atoms with Gasteiger partial charge in [0.25, 0.3) is 0 Å². The summed E-state index contributed by atoms with van der Waals surface area (Å²) in [6.45, 7) is 1.87. The molecule has 0 spiro atoms. The Bertz CT molecular complexity index is 569. The zero-order valence-electron chi connectivity index (χ0n) is 12.0. The van der Waals surface area contributed by atoms with Crippen molar-refractivity contribution in [3.05, 3.63) is 29.8 Å². The summed E-state index contributed by atoms with van der Waals surface area (Å²) in [6, 6.07) is 7.37. The van der Waals surface area contributed by atoms with E-state index in [0.717, 1.165) is 11.3 Å². The number of rotatable bonds is 6. The summed E-state index contributed by atoms with van der Waals surface area (Å²) in [4.78, 5) is 0. The Morgan fingerprint density at radius 2 is 1.85 bits per heavy atom. The zero-order chi connectivity index (χ0) is 15.0. The number of sulfone groups is 1. The van der Waals surface area contributed by atoms with Crippen molar-refractivity contribution in [3.63, 3.8) is 0 Å². The van der Waals surface area contributed by atoms with E-state index in [4.69, 9.17) is 15.2 Å². The fourth-order valence-corrected chi connectivity index (χ4v) is 4.85. The third kappa shape index (κ3) is 2.43. The molecule has 0 saturated heterocycles. The number of benzene rings is 1. The van der Waals surface area contributed by atoms with E-state index in [2.05, 4.69) is 0 Å². The minimum Gasteiger partial charge on any atom is -0.497 e. The monoisotopic (exact) mass is 299 g/mol. The van der Waals surface area contributed by atoms with Crippen molar-refractivity contribution >= 4 is 9.84 Å². The summed E-state index contributed by atoms with van der Waals surface area (Å²) >= 11 is 0. The second-order valence-corrected chi connectivity index (χ2v) is 7.58. The summed E-state index contributed by atoms with van der Waals surface area (Å²) in [5, 5.41) is -0.576. The fourth-order valence-electron chi connectivity index (χ4n) is 2.86. The Kier molecular flexibility index (Phi) is 4.09. The molecule has 0 radical (unpaired) electrons. The third-order valence-electron chi connectivity index (χ3n) is 3.96. The quantitative estimate of drug-likeness (QED) is 0.845. The first-order valence-corrected chi connectivity index (χ1v) is 8.25. The van der Waals surface area contributed by atoms with Crippen molar-refractivity contribution in [1.29, 1.82) is 0 Å². The van der Waals surface area contributed by atoms with Crippen LogP contribution >= 0.6 is 0 Å². The van der Waals surface area contributed by atoms with Crippen LogP contribution in [-0.2, 0) is 14.6 Å². The average molecular weight is 299 g/mol. The molecule has 20 heavy (non-hydrogen) atoms. The van der Waals surface area contributed by atoms with Crippen LogP contribution < -0.4 is 10.5 Å².